The van der Waals surface area contributed by atoms with Crippen LogP contribution in [0.2, 0.25) is 0 Å². The van der Waals surface area contributed by atoms with Gasteiger partial charge in [0.05, 0.1) is 16.3 Å². The molecule has 0 spiro atoms. The first-order chi connectivity index (χ1) is 13.4. The minimum Gasteiger partial charge on any atom is -0.383 e. The van der Waals surface area contributed by atoms with Crippen LogP contribution in [0, 0.1) is 5.82 Å². The maximum atomic E-state index is 13.5. The normalized spacial score (nSPS) is 14.8. The lowest BCUT2D eigenvalue weighted by atomic mass is 10.1. The van der Waals surface area contributed by atoms with Crippen molar-refractivity contribution in [3.05, 3.63) is 64.9 Å². The van der Waals surface area contributed by atoms with Crippen LogP contribution in [0.15, 0.2) is 48.5 Å². The van der Waals surface area contributed by atoms with Crippen molar-refractivity contribution in [1.29, 1.82) is 0 Å². The lowest BCUT2D eigenvalue weighted by Crippen LogP contribution is -2.42. The van der Waals surface area contributed by atoms with Crippen LogP contribution in [-0.4, -0.2) is 52.7 Å². The number of rotatable bonds is 7. The predicted molar refractivity (Wildman–Crippen MR) is 106 cm³/mol. The average Bonchev–Trinajstić information content (AvgIpc) is 3.11. The zero-order valence-corrected chi connectivity index (χ0v) is 16.4. The Morgan fingerprint density at radius 3 is 2.64 bits per heavy atom. The molecule has 0 fully saturated rings. The van der Waals surface area contributed by atoms with Gasteiger partial charge in [-0.2, -0.15) is 0 Å². The number of aromatic nitrogens is 1. The van der Waals surface area contributed by atoms with E-state index < -0.39 is 18.1 Å². The Bertz CT molecular complexity index is 930. The molecular formula is C20H22FN3O3S. The van der Waals surface area contributed by atoms with Crippen LogP contribution >= 0.6 is 11.3 Å². The molecule has 0 aliphatic carbocycles. The molecule has 0 bridgehead atoms. The molecule has 3 atom stereocenters. The summed E-state index contributed by atoms with van der Waals surface area (Å²) in [6, 6.07) is 13.2. The molecule has 0 aliphatic heterocycles. The van der Waals surface area contributed by atoms with E-state index in [2.05, 4.69) is 10.3 Å². The number of aliphatic hydroxyl groups is 2. The SMILES string of the molecule is CN(C)C(CNC(=O)C(O)C(O)c1nc2ccccc2s1)c1cccc(F)c1. The van der Waals surface area contributed by atoms with Crippen LogP contribution in [0.5, 0.6) is 0 Å². The van der Waals surface area contributed by atoms with Crippen molar-refractivity contribution in [1.82, 2.24) is 15.2 Å². The molecule has 1 amide bonds. The summed E-state index contributed by atoms with van der Waals surface area (Å²) in [5.74, 6) is -1.07. The number of nitrogens with one attached hydrogen (secondary N) is 1. The zero-order chi connectivity index (χ0) is 20.3. The van der Waals surface area contributed by atoms with E-state index in [9.17, 15) is 19.4 Å². The van der Waals surface area contributed by atoms with E-state index in [4.69, 9.17) is 0 Å². The Morgan fingerprint density at radius 1 is 1.21 bits per heavy atom. The number of para-hydroxylation sites is 1. The van der Waals surface area contributed by atoms with Gasteiger partial charge in [0.15, 0.2) is 6.10 Å². The molecule has 148 valence electrons. The quantitative estimate of drug-likeness (QED) is 0.563. The van der Waals surface area contributed by atoms with Gasteiger partial charge in [0, 0.05) is 6.54 Å². The number of amides is 1. The van der Waals surface area contributed by atoms with Gasteiger partial charge in [-0.15, -0.1) is 11.3 Å². The fourth-order valence-electron chi connectivity index (χ4n) is 2.91. The third-order valence-corrected chi connectivity index (χ3v) is 5.56. The number of thiazole rings is 1. The molecule has 0 aliphatic rings. The monoisotopic (exact) mass is 403 g/mol. The van der Waals surface area contributed by atoms with E-state index in [0.29, 0.717) is 11.1 Å². The lowest BCUT2D eigenvalue weighted by Gasteiger charge is -2.26. The number of benzene rings is 2. The third kappa shape index (κ3) is 4.53. The second kappa shape index (κ2) is 8.74. The number of nitrogens with zero attached hydrogens (tertiary/aromatic N) is 2. The number of halogens is 1. The highest BCUT2D eigenvalue weighted by molar-refractivity contribution is 7.18. The maximum absolute atomic E-state index is 13.5. The highest BCUT2D eigenvalue weighted by Crippen LogP contribution is 2.28. The van der Waals surface area contributed by atoms with Gasteiger partial charge >= 0.3 is 0 Å². The molecule has 3 N–H and O–H groups in total. The zero-order valence-electron chi connectivity index (χ0n) is 15.5. The molecule has 3 unspecified atom stereocenters. The van der Waals surface area contributed by atoms with Crippen LogP contribution in [-0.2, 0) is 4.79 Å². The van der Waals surface area contributed by atoms with E-state index in [1.165, 1.54) is 23.5 Å². The minimum absolute atomic E-state index is 0.152. The van der Waals surface area contributed by atoms with Crippen molar-refractivity contribution >= 4 is 27.5 Å². The minimum atomic E-state index is -1.66. The summed E-state index contributed by atoms with van der Waals surface area (Å²) in [5, 5.41) is 23.5. The summed E-state index contributed by atoms with van der Waals surface area (Å²) in [7, 11) is 3.63. The van der Waals surface area contributed by atoms with E-state index in [1.807, 2.05) is 37.2 Å². The van der Waals surface area contributed by atoms with E-state index in [0.717, 1.165) is 4.70 Å². The van der Waals surface area contributed by atoms with Crippen LogP contribution < -0.4 is 5.32 Å². The summed E-state index contributed by atoms with van der Waals surface area (Å²) in [6.07, 6.45) is -3.08. The van der Waals surface area contributed by atoms with Gasteiger partial charge in [0.2, 0.25) is 0 Å². The number of carbonyl (C=O) groups excluding carboxylic acids is 1. The molecule has 0 radical (unpaired) electrons. The average molecular weight is 403 g/mol. The summed E-state index contributed by atoms with van der Waals surface area (Å²) >= 11 is 1.23. The lowest BCUT2D eigenvalue weighted by molar-refractivity contribution is -0.135. The van der Waals surface area contributed by atoms with Crippen LogP contribution in [0.1, 0.15) is 22.7 Å². The van der Waals surface area contributed by atoms with E-state index in [-0.39, 0.29) is 23.4 Å². The first kappa shape index (κ1) is 20.3. The first-order valence-electron chi connectivity index (χ1n) is 8.78. The molecule has 2 aromatic carbocycles. The van der Waals surface area contributed by atoms with Gasteiger partial charge < -0.3 is 20.4 Å². The van der Waals surface area contributed by atoms with Gasteiger partial charge in [-0.3, -0.25) is 4.79 Å². The Kier molecular flexibility index (Phi) is 6.35. The predicted octanol–water partition coefficient (Wildman–Crippen LogP) is 2.25. The van der Waals surface area contributed by atoms with Gasteiger partial charge in [0.1, 0.15) is 16.9 Å². The van der Waals surface area contributed by atoms with Crippen molar-refractivity contribution in [2.24, 2.45) is 0 Å². The van der Waals surface area contributed by atoms with Gasteiger partial charge in [-0.1, -0.05) is 24.3 Å². The Hall–Kier alpha value is -2.39. The van der Waals surface area contributed by atoms with Crippen LogP contribution in [0.4, 0.5) is 4.39 Å². The van der Waals surface area contributed by atoms with Crippen molar-refractivity contribution in [3.8, 4) is 0 Å². The highest BCUT2D eigenvalue weighted by Gasteiger charge is 2.29. The molecular weight excluding hydrogens is 381 g/mol. The van der Waals surface area contributed by atoms with E-state index in [1.54, 1.807) is 18.2 Å². The molecule has 1 heterocycles. The van der Waals surface area contributed by atoms with Crippen molar-refractivity contribution in [2.75, 3.05) is 20.6 Å². The molecule has 3 aromatic rings. The number of aliphatic hydroxyl groups excluding tert-OH is 2. The third-order valence-electron chi connectivity index (χ3n) is 4.46. The van der Waals surface area contributed by atoms with Gasteiger partial charge in [-0.05, 0) is 43.9 Å². The largest absolute Gasteiger partial charge is 0.383 e. The molecule has 0 saturated carbocycles. The molecule has 0 saturated heterocycles. The van der Waals surface area contributed by atoms with Gasteiger partial charge in [0.25, 0.3) is 5.91 Å². The maximum Gasteiger partial charge on any atom is 0.252 e. The summed E-state index contributed by atoms with van der Waals surface area (Å²) in [6.45, 7) is 0.152. The van der Waals surface area contributed by atoms with Crippen LogP contribution in [0.25, 0.3) is 10.2 Å². The van der Waals surface area contributed by atoms with Crippen molar-refractivity contribution in [2.45, 2.75) is 18.2 Å². The molecule has 1 aromatic heterocycles. The highest BCUT2D eigenvalue weighted by atomic mass is 32.1. The number of hydrogen-bond acceptors (Lipinski definition) is 6. The van der Waals surface area contributed by atoms with Crippen molar-refractivity contribution < 1.29 is 19.4 Å². The molecule has 6 nitrogen and oxygen atoms in total. The Morgan fingerprint density at radius 2 is 1.96 bits per heavy atom. The smallest absolute Gasteiger partial charge is 0.252 e. The first-order valence-corrected chi connectivity index (χ1v) is 9.59. The second-order valence-electron chi connectivity index (χ2n) is 6.69. The molecule has 8 heteroatoms. The van der Waals surface area contributed by atoms with Gasteiger partial charge in [-0.25, -0.2) is 9.37 Å². The number of likely N-dealkylation sites (N-methyl/N-ethyl adjacent to an activating group) is 1. The summed E-state index contributed by atoms with van der Waals surface area (Å²) in [5.41, 5.74) is 1.40. The number of hydrogen-bond donors (Lipinski definition) is 3. The van der Waals surface area contributed by atoms with Crippen molar-refractivity contribution in [3.63, 3.8) is 0 Å². The van der Waals surface area contributed by atoms with E-state index >= 15 is 0 Å². The topological polar surface area (TPSA) is 85.7 Å². The Balaban J connectivity index is 1.67. The number of fused-ring (bicyclic) bond motifs is 1. The van der Waals surface area contributed by atoms with Crippen LogP contribution in [0.3, 0.4) is 0 Å². The second-order valence-corrected chi connectivity index (χ2v) is 7.75. The Labute approximate surface area is 166 Å². The fourth-order valence-corrected chi connectivity index (χ4v) is 3.89. The fraction of sp³-hybridized carbons (Fsp3) is 0.300. The molecule has 28 heavy (non-hydrogen) atoms. The molecule has 3 rings (SSSR count). The summed E-state index contributed by atoms with van der Waals surface area (Å²) < 4.78 is 14.4. The summed E-state index contributed by atoms with van der Waals surface area (Å²) in [4.78, 5) is 18.5. The number of carbonyl (C=O) groups is 1. The standard InChI is InChI=1S/C20H22FN3O3S/c1-24(2)15(12-6-5-7-13(21)10-12)11-22-19(27)17(25)18(26)20-23-14-8-3-4-9-16(14)28-20/h3-10,15,17-18,25-26H,11H2,1-2H3,(H,22,27).